The van der Waals surface area contributed by atoms with E-state index in [2.05, 4.69) is 22.2 Å². The molecule has 2 aromatic heterocycles. The van der Waals surface area contributed by atoms with Gasteiger partial charge in [0.1, 0.15) is 28.5 Å². The summed E-state index contributed by atoms with van der Waals surface area (Å²) in [7, 11) is 0. The molecule has 32 heavy (non-hydrogen) atoms. The minimum absolute atomic E-state index is 0.0809. The predicted octanol–water partition coefficient (Wildman–Crippen LogP) is 5.67. The molecule has 0 aliphatic carbocycles. The molecule has 0 saturated heterocycles. The molecule has 7 heteroatoms. The van der Waals surface area contributed by atoms with Gasteiger partial charge in [-0.15, -0.1) is 0 Å². The number of aromatic nitrogens is 2. The molecule has 0 bridgehead atoms. The normalized spacial score (nSPS) is 11.8. The zero-order valence-corrected chi connectivity index (χ0v) is 18.3. The van der Waals surface area contributed by atoms with E-state index >= 15 is 0 Å². The van der Waals surface area contributed by atoms with Gasteiger partial charge in [-0.3, -0.25) is 4.79 Å². The molecule has 1 N–H and O–H groups in total. The Hall–Kier alpha value is -3.87. The molecule has 1 atom stereocenters. The van der Waals surface area contributed by atoms with E-state index < -0.39 is 0 Å². The maximum absolute atomic E-state index is 11.3. The van der Waals surface area contributed by atoms with E-state index in [9.17, 15) is 4.79 Å². The van der Waals surface area contributed by atoms with E-state index in [0.717, 1.165) is 23.3 Å². The molecule has 1 unspecified atom stereocenters. The van der Waals surface area contributed by atoms with Crippen LogP contribution in [0, 0.1) is 0 Å². The highest BCUT2D eigenvalue weighted by Gasteiger charge is 2.13. The van der Waals surface area contributed by atoms with Crippen molar-refractivity contribution in [3.63, 3.8) is 0 Å². The van der Waals surface area contributed by atoms with Crippen LogP contribution in [-0.4, -0.2) is 22.5 Å². The van der Waals surface area contributed by atoms with E-state index in [-0.39, 0.29) is 11.9 Å². The van der Waals surface area contributed by atoms with Crippen molar-refractivity contribution in [1.29, 1.82) is 0 Å². The Bertz CT molecular complexity index is 1220. The van der Waals surface area contributed by atoms with Gasteiger partial charge in [0.05, 0.1) is 18.8 Å². The maximum Gasteiger partial charge on any atom is 0.246 e. The second-order valence-electron chi connectivity index (χ2n) is 7.47. The van der Waals surface area contributed by atoms with E-state index in [1.807, 2.05) is 55.5 Å². The first-order chi connectivity index (χ1) is 15.5. The number of pyridine rings is 1. The number of hydrogen-bond acceptors (Lipinski definition) is 6. The summed E-state index contributed by atoms with van der Waals surface area (Å²) in [5.41, 5.74) is 2.91. The molecule has 2 aromatic carbocycles. The van der Waals surface area contributed by atoms with Crippen LogP contribution < -0.4 is 14.8 Å². The third-order valence-electron chi connectivity index (χ3n) is 4.80. The summed E-state index contributed by atoms with van der Waals surface area (Å²) < 4.78 is 17.5. The van der Waals surface area contributed by atoms with Crippen molar-refractivity contribution in [1.82, 2.24) is 15.3 Å². The summed E-state index contributed by atoms with van der Waals surface area (Å²) in [4.78, 5) is 20.3. The van der Waals surface area contributed by atoms with Crippen molar-refractivity contribution in [2.24, 2.45) is 0 Å². The quantitative estimate of drug-likeness (QED) is 0.387. The number of ether oxygens (including phenoxy) is 2. The molecular formula is C25H25N3O4. The van der Waals surface area contributed by atoms with Gasteiger partial charge in [-0.05, 0) is 55.3 Å². The van der Waals surface area contributed by atoms with Gasteiger partial charge in [-0.1, -0.05) is 19.1 Å². The Morgan fingerprint density at radius 1 is 1.09 bits per heavy atom. The lowest BCUT2D eigenvalue weighted by molar-refractivity contribution is -0.119. The zero-order chi connectivity index (χ0) is 22.5. The summed E-state index contributed by atoms with van der Waals surface area (Å²) in [6.07, 6.45) is 2.58. The smallest absolute Gasteiger partial charge is 0.246 e. The van der Waals surface area contributed by atoms with E-state index in [4.69, 9.17) is 13.9 Å². The molecule has 1 amide bonds. The van der Waals surface area contributed by atoms with Crippen LogP contribution in [0.15, 0.2) is 65.2 Å². The van der Waals surface area contributed by atoms with Crippen LogP contribution in [0.1, 0.15) is 38.8 Å². The van der Waals surface area contributed by atoms with Crippen molar-refractivity contribution in [3.8, 4) is 28.8 Å². The first kappa shape index (κ1) is 21.4. The number of hydrogen-bond donors (Lipinski definition) is 1. The van der Waals surface area contributed by atoms with Crippen LogP contribution in [0.25, 0.3) is 22.7 Å². The molecule has 0 fully saturated rings. The molecule has 0 aliphatic rings. The number of fused-ring (bicyclic) bond motifs is 1. The van der Waals surface area contributed by atoms with Gasteiger partial charge in [0, 0.05) is 13.0 Å². The summed E-state index contributed by atoms with van der Waals surface area (Å²) in [5, 5.41) is 2.87. The second-order valence-corrected chi connectivity index (χ2v) is 7.47. The van der Waals surface area contributed by atoms with Gasteiger partial charge in [0.25, 0.3) is 0 Å². The topological polar surface area (TPSA) is 86.5 Å². The van der Waals surface area contributed by atoms with Crippen LogP contribution in [0.3, 0.4) is 0 Å². The Labute approximate surface area is 186 Å². The van der Waals surface area contributed by atoms with Crippen LogP contribution in [0.4, 0.5) is 0 Å². The number of oxazole rings is 1. The van der Waals surface area contributed by atoms with Crippen LogP contribution in [0.2, 0.25) is 0 Å². The first-order valence-corrected chi connectivity index (χ1v) is 10.6. The molecular weight excluding hydrogens is 406 g/mol. The summed E-state index contributed by atoms with van der Waals surface area (Å²) in [6.45, 7) is 6.15. The number of carbonyl (C=O) groups excluding carboxylic acids is 1. The number of nitrogens with one attached hydrogen (secondary N) is 1. The minimum atomic E-state index is -0.120. The zero-order valence-electron chi connectivity index (χ0n) is 18.3. The Balaban J connectivity index is 1.49. The molecule has 4 rings (SSSR count). The predicted molar refractivity (Wildman–Crippen MR) is 122 cm³/mol. The molecule has 2 heterocycles. The van der Waals surface area contributed by atoms with Crippen molar-refractivity contribution in [2.45, 2.75) is 33.2 Å². The fourth-order valence-corrected chi connectivity index (χ4v) is 3.26. The second kappa shape index (κ2) is 9.51. The standard InChI is InChI=1S/C25H25N3O4/c1-4-12-30-19-6-5-7-20(14-19)31-21-9-11-23(26-15-21)25-28-22-10-8-18(13-24(22)32-25)16(2)27-17(3)29/h5-11,13-16H,4,12H2,1-3H3,(H,27,29). The number of nitrogens with zero attached hydrogens (tertiary/aromatic N) is 2. The molecule has 7 nitrogen and oxygen atoms in total. The minimum Gasteiger partial charge on any atom is -0.493 e. The molecule has 4 aromatic rings. The van der Waals surface area contributed by atoms with Crippen molar-refractivity contribution in [3.05, 3.63) is 66.4 Å². The molecule has 0 saturated carbocycles. The highest BCUT2D eigenvalue weighted by atomic mass is 16.5. The number of carbonyl (C=O) groups is 1. The number of benzene rings is 2. The molecule has 0 radical (unpaired) electrons. The highest BCUT2D eigenvalue weighted by Crippen LogP contribution is 2.28. The Morgan fingerprint density at radius 2 is 1.94 bits per heavy atom. The highest BCUT2D eigenvalue weighted by molar-refractivity contribution is 5.77. The average Bonchev–Trinajstić information content (AvgIpc) is 3.21. The monoisotopic (exact) mass is 431 g/mol. The summed E-state index contributed by atoms with van der Waals surface area (Å²) >= 11 is 0. The Morgan fingerprint density at radius 3 is 2.69 bits per heavy atom. The summed E-state index contributed by atoms with van der Waals surface area (Å²) in [5.74, 6) is 2.39. The van der Waals surface area contributed by atoms with Crippen molar-refractivity contribution < 1.29 is 18.7 Å². The van der Waals surface area contributed by atoms with Gasteiger partial charge in [0.15, 0.2) is 5.58 Å². The lowest BCUT2D eigenvalue weighted by Crippen LogP contribution is -2.23. The molecule has 0 spiro atoms. The summed E-state index contributed by atoms with van der Waals surface area (Å²) in [6, 6.07) is 16.7. The average molecular weight is 431 g/mol. The third kappa shape index (κ3) is 5.06. The van der Waals surface area contributed by atoms with Crippen LogP contribution in [-0.2, 0) is 4.79 Å². The van der Waals surface area contributed by atoms with Crippen molar-refractivity contribution >= 4 is 17.0 Å². The lowest BCUT2D eigenvalue weighted by atomic mass is 10.1. The third-order valence-corrected chi connectivity index (χ3v) is 4.80. The fraction of sp³-hybridized carbons (Fsp3) is 0.240. The van der Waals surface area contributed by atoms with Crippen LogP contribution in [0.5, 0.6) is 17.2 Å². The molecule has 164 valence electrons. The van der Waals surface area contributed by atoms with Gasteiger partial charge in [-0.2, -0.15) is 0 Å². The number of rotatable bonds is 8. The Kier molecular flexibility index (Phi) is 6.35. The van der Waals surface area contributed by atoms with Crippen LogP contribution >= 0.6 is 0 Å². The van der Waals surface area contributed by atoms with Crippen molar-refractivity contribution in [2.75, 3.05) is 6.61 Å². The fourth-order valence-electron chi connectivity index (χ4n) is 3.26. The van der Waals surface area contributed by atoms with Gasteiger partial charge < -0.3 is 19.2 Å². The van der Waals surface area contributed by atoms with E-state index in [0.29, 0.717) is 35.3 Å². The first-order valence-electron chi connectivity index (χ1n) is 10.6. The SMILES string of the molecule is CCCOc1cccc(Oc2ccc(-c3nc4ccc(C(C)NC(C)=O)cc4o3)nc2)c1. The van der Waals surface area contributed by atoms with E-state index in [1.165, 1.54) is 6.92 Å². The van der Waals surface area contributed by atoms with Gasteiger partial charge >= 0.3 is 0 Å². The molecule has 0 aliphatic heterocycles. The maximum atomic E-state index is 11.3. The number of amides is 1. The van der Waals surface area contributed by atoms with Gasteiger partial charge in [-0.25, -0.2) is 9.97 Å². The lowest BCUT2D eigenvalue weighted by Gasteiger charge is -2.12. The van der Waals surface area contributed by atoms with E-state index in [1.54, 1.807) is 12.3 Å². The van der Waals surface area contributed by atoms with Gasteiger partial charge in [0.2, 0.25) is 11.8 Å². The largest absolute Gasteiger partial charge is 0.493 e.